The molecule has 0 aromatic carbocycles. The monoisotopic (exact) mass is 252 g/mol. The Morgan fingerprint density at radius 1 is 1.53 bits per heavy atom. The van der Waals surface area contributed by atoms with Gasteiger partial charge >= 0.3 is 0 Å². The van der Waals surface area contributed by atoms with E-state index in [2.05, 4.69) is 15.2 Å². The molecule has 1 aliphatic carbocycles. The highest BCUT2D eigenvalue weighted by atomic mass is 32.1. The highest BCUT2D eigenvalue weighted by molar-refractivity contribution is 7.15. The van der Waals surface area contributed by atoms with Crippen LogP contribution >= 0.6 is 11.3 Å². The molecule has 5 nitrogen and oxygen atoms in total. The van der Waals surface area contributed by atoms with Crippen molar-refractivity contribution >= 4 is 22.4 Å². The number of fused-ring (bicyclic) bond motifs is 1. The Balaban J connectivity index is 1.86. The van der Waals surface area contributed by atoms with E-state index in [0.717, 1.165) is 36.6 Å². The average Bonchev–Trinajstić information content (AvgIpc) is 2.74. The van der Waals surface area contributed by atoms with E-state index in [1.807, 2.05) is 0 Å². The number of piperazine rings is 1. The van der Waals surface area contributed by atoms with Gasteiger partial charge in [0.2, 0.25) is 5.91 Å². The van der Waals surface area contributed by atoms with Gasteiger partial charge in [-0.2, -0.15) is 0 Å². The third-order valence-electron chi connectivity index (χ3n) is 3.29. The minimum Gasteiger partial charge on any atom is -0.353 e. The normalized spacial score (nSPS) is 24.4. The molecule has 1 atom stereocenters. The standard InChI is InChI=1S/C11H16N4OS/c12-7-2-1-3-8-10(7)17-11(14-8)15-5-4-13-9(16)6-15/h7H,1-6,12H2,(H,13,16). The molecular formula is C11H16N4OS. The Kier molecular flexibility index (Phi) is 2.76. The molecule has 3 N–H and O–H groups in total. The van der Waals surface area contributed by atoms with Crippen LogP contribution in [0.15, 0.2) is 0 Å². The van der Waals surface area contributed by atoms with Gasteiger partial charge in [0.25, 0.3) is 0 Å². The summed E-state index contributed by atoms with van der Waals surface area (Å²) in [5.74, 6) is 0.0775. The summed E-state index contributed by atoms with van der Waals surface area (Å²) in [6.45, 7) is 1.96. The predicted octanol–water partition coefficient (Wildman–Crippen LogP) is 0.415. The molecule has 0 saturated carbocycles. The molecule has 17 heavy (non-hydrogen) atoms. The van der Waals surface area contributed by atoms with E-state index in [4.69, 9.17) is 5.73 Å². The van der Waals surface area contributed by atoms with E-state index in [0.29, 0.717) is 13.1 Å². The van der Waals surface area contributed by atoms with Crippen LogP contribution in [-0.4, -0.2) is 30.5 Å². The van der Waals surface area contributed by atoms with Crippen molar-refractivity contribution in [1.29, 1.82) is 0 Å². The highest BCUT2D eigenvalue weighted by Gasteiger charge is 2.25. The molecular weight excluding hydrogens is 236 g/mol. The van der Waals surface area contributed by atoms with Gasteiger partial charge in [-0.15, -0.1) is 0 Å². The molecule has 6 heteroatoms. The third kappa shape index (κ3) is 2.02. The maximum Gasteiger partial charge on any atom is 0.239 e. The van der Waals surface area contributed by atoms with Gasteiger partial charge in [0.1, 0.15) is 0 Å². The van der Waals surface area contributed by atoms with Gasteiger partial charge in [0, 0.05) is 24.0 Å². The number of carbonyl (C=O) groups excluding carboxylic acids is 1. The number of aryl methyl sites for hydroxylation is 1. The van der Waals surface area contributed by atoms with E-state index in [1.165, 1.54) is 4.88 Å². The van der Waals surface area contributed by atoms with Gasteiger partial charge in [-0.1, -0.05) is 11.3 Å². The summed E-state index contributed by atoms with van der Waals surface area (Å²) in [5.41, 5.74) is 7.24. The van der Waals surface area contributed by atoms with Crippen LogP contribution < -0.4 is 16.0 Å². The zero-order valence-electron chi connectivity index (χ0n) is 9.61. The molecule has 1 aliphatic heterocycles. The number of hydrogen-bond donors (Lipinski definition) is 2. The fraction of sp³-hybridized carbons (Fsp3) is 0.636. The molecule has 1 fully saturated rings. The first kappa shape index (κ1) is 11.0. The lowest BCUT2D eigenvalue weighted by Gasteiger charge is -2.25. The largest absolute Gasteiger partial charge is 0.353 e. The fourth-order valence-electron chi connectivity index (χ4n) is 2.38. The number of carbonyl (C=O) groups is 1. The zero-order valence-corrected chi connectivity index (χ0v) is 10.4. The lowest BCUT2D eigenvalue weighted by Crippen LogP contribution is -2.47. The smallest absolute Gasteiger partial charge is 0.239 e. The SMILES string of the molecule is NC1CCCc2nc(N3CCNC(=O)C3)sc21. The summed E-state index contributed by atoms with van der Waals surface area (Å²) in [6.07, 6.45) is 3.20. The zero-order chi connectivity index (χ0) is 11.8. The number of anilines is 1. The Hall–Kier alpha value is -1.14. The molecule has 1 aromatic heterocycles. The van der Waals surface area contributed by atoms with Crippen LogP contribution in [-0.2, 0) is 11.2 Å². The molecule has 0 radical (unpaired) electrons. The van der Waals surface area contributed by atoms with Crippen molar-refractivity contribution in [3.63, 3.8) is 0 Å². The third-order valence-corrected chi connectivity index (χ3v) is 4.58. The lowest BCUT2D eigenvalue weighted by atomic mass is 9.99. The Labute approximate surface area is 104 Å². The molecule has 3 rings (SSSR count). The molecule has 2 heterocycles. The molecule has 1 amide bonds. The van der Waals surface area contributed by atoms with Crippen LogP contribution in [0.5, 0.6) is 0 Å². The van der Waals surface area contributed by atoms with Gasteiger partial charge < -0.3 is 16.0 Å². The number of nitrogens with two attached hydrogens (primary N) is 1. The molecule has 1 aromatic rings. The van der Waals surface area contributed by atoms with Crippen LogP contribution in [0, 0.1) is 0 Å². The number of rotatable bonds is 1. The number of amides is 1. The average molecular weight is 252 g/mol. The van der Waals surface area contributed by atoms with E-state index in [1.54, 1.807) is 11.3 Å². The van der Waals surface area contributed by atoms with Crippen LogP contribution in [0.1, 0.15) is 29.5 Å². The molecule has 2 aliphatic rings. The summed E-state index contributed by atoms with van der Waals surface area (Å²) in [7, 11) is 0. The van der Waals surface area contributed by atoms with E-state index in [9.17, 15) is 4.79 Å². The number of aromatic nitrogens is 1. The molecule has 1 saturated heterocycles. The van der Waals surface area contributed by atoms with Crippen molar-refractivity contribution in [3.05, 3.63) is 10.6 Å². The van der Waals surface area contributed by atoms with Crippen molar-refractivity contribution in [1.82, 2.24) is 10.3 Å². The second kappa shape index (κ2) is 4.27. The molecule has 92 valence electrons. The van der Waals surface area contributed by atoms with Crippen LogP contribution in [0.2, 0.25) is 0 Å². The number of thiazole rings is 1. The predicted molar refractivity (Wildman–Crippen MR) is 67.2 cm³/mol. The van der Waals surface area contributed by atoms with Crippen LogP contribution in [0.4, 0.5) is 5.13 Å². The Morgan fingerprint density at radius 3 is 3.18 bits per heavy atom. The van der Waals surface area contributed by atoms with Crippen molar-refractivity contribution in [2.75, 3.05) is 24.5 Å². The quantitative estimate of drug-likeness (QED) is 0.759. The first-order valence-electron chi connectivity index (χ1n) is 6.01. The minimum atomic E-state index is 0.0775. The van der Waals surface area contributed by atoms with Crippen molar-refractivity contribution in [2.24, 2.45) is 5.73 Å². The number of hydrogen-bond acceptors (Lipinski definition) is 5. The first-order chi connectivity index (χ1) is 8.24. The summed E-state index contributed by atoms with van der Waals surface area (Å²) in [5, 5.41) is 3.78. The van der Waals surface area contributed by atoms with Crippen LogP contribution in [0.25, 0.3) is 0 Å². The molecule has 0 spiro atoms. The minimum absolute atomic E-state index is 0.0775. The van der Waals surface area contributed by atoms with Gasteiger partial charge in [-0.05, 0) is 19.3 Å². The lowest BCUT2D eigenvalue weighted by molar-refractivity contribution is -0.120. The fourth-order valence-corrected chi connectivity index (χ4v) is 3.55. The topological polar surface area (TPSA) is 71.2 Å². The van der Waals surface area contributed by atoms with Crippen LogP contribution in [0.3, 0.4) is 0 Å². The van der Waals surface area contributed by atoms with Crippen molar-refractivity contribution in [3.8, 4) is 0 Å². The van der Waals surface area contributed by atoms with E-state index in [-0.39, 0.29) is 11.9 Å². The maximum atomic E-state index is 11.4. The van der Waals surface area contributed by atoms with E-state index < -0.39 is 0 Å². The Bertz CT molecular complexity index is 445. The first-order valence-corrected chi connectivity index (χ1v) is 6.82. The van der Waals surface area contributed by atoms with Crippen molar-refractivity contribution in [2.45, 2.75) is 25.3 Å². The summed E-state index contributed by atoms with van der Waals surface area (Å²) in [4.78, 5) is 19.3. The molecule has 0 bridgehead atoms. The Morgan fingerprint density at radius 2 is 2.41 bits per heavy atom. The van der Waals surface area contributed by atoms with Gasteiger partial charge in [0.15, 0.2) is 5.13 Å². The molecule has 1 unspecified atom stereocenters. The maximum absolute atomic E-state index is 11.4. The summed E-state index contributed by atoms with van der Waals surface area (Å²) < 4.78 is 0. The van der Waals surface area contributed by atoms with Gasteiger partial charge in [0.05, 0.1) is 12.2 Å². The van der Waals surface area contributed by atoms with E-state index >= 15 is 0 Å². The summed E-state index contributed by atoms with van der Waals surface area (Å²) >= 11 is 1.66. The van der Waals surface area contributed by atoms with Gasteiger partial charge in [-0.25, -0.2) is 4.98 Å². The number of nitrogens with zero attached hydrogens (tertiary/aromatic N) is 2. The van der Waals surface area contributed by atoms with Crippen molar-refractivity contribution < 1.29 is 4.79 Å². The number of nitrogens with one attached hydrogen (secondary N) is 1. The highest BCUT2D eigenvalue weighted by Crippen LogP contribution is 2.36. The second-order valence-electron chi connectivity index (χ2n) is 4.58. The summed E-state index contributed by atoms with van der Waals surface area (Å²) in [6, 6.07) is 0.142. The van der Waals surface area contributed by atoms with Gasteiger partial charge in [-0.3, -0.25) is 4.79 Å². The second-order valence-corrected chi connectivity index (χ2v) is 5.59.